The lowest BCUT2D eigenvalue weighted by Crippen LogP contribution is -2.22. The lowest BCUT2D eigenvalue weighted by atomic mass is 10.2. The fourth-order valence-corrected chi connectivity index (χ4v) is 4.68. The molecule has 142 valence electrons. The molecule has 0 aliphatic rings. The molecule has 0 bridgehead atoms. The Morgan fingerprint density at radius 1 is 1.21 bits per heavy atom. The second-order valence-corrected chi connectivity index (χ2v) is 8.58. The van der Waals surface area contributed by atoms with E-state index >= 15 is 0 Å². The van der Waals surface area contributed by atoms with Gasteiger partial charge in [0.05, 0.1) is 22.3 Å². The second kappa shape index (κ2) is 8.18. The van der Waals surface area contributed by atoms with Crippen molar-refractivity contribution in [1.82, 2.24) is 24.3 Å². The normalized spacial score (nSPS) is 11.2. The third-order valence-electron chi connectivity index (χ3n) is 4.30. The van der Waals surface area contributed by atoms with Crippen LogP contribution in [-0.4, -0.2) is 24.3 Å². The lowest BCUT2D eigenvalue weighted by molar-refractivity contribution is 0.715. The molecule has 2 aromatic heterocycles. The van der Waals surface area contributed by atoms with E-state index in [1.54, 1.807) is 4.57 Å². The van der Waals surface area contributed by atoms with Gasteiger partial charge in [0.25, 0.3) is 5.56 Å². The van der Waals surface area contributed by atoms with E-state index in [9.17, 15) is 4.79 Å². The molecular weight excluding hydrogens is 505 g/mol. The number of nitrogens with one attached hydrogen (secondary N) is 1. The molecule has 2 aromatic carbocycles. The second-order valence-electron chi connectivity index (χ2n) is 6.01. The number of para-hydroxylation sites is 1. The molecule has 2 heterocycles. The first-order valence-corrected chi connectivity index (χ1v) is 11.1. The smallest absolute Gasteiger partial charge is 0.266 e. The zero-order chi connectivity index (χ0) is 19.7. The highest BCUT2D eigenvalue weighted by Gasteiger charge is 2.15. The van der Waals surface area contributed by atoms with Crippen molar-refractivity contribution in [1.29, 1.82) is 0 Å². The molecule has 0 atom stereocenters. The molecule has 0 spiro atoms. The number of aromatic nitrogens is 5. The number of aromatic amines is 1. The molecule has 9 heteroatoms. The van der Waals surface area contributed by atoms with Gasteiger partial charge in [0.1, 0.15) is 5.82 Å². The number of nitrogens with zero attached hydrogens (tertiary/aromatic N) is 4. The fourth-order valence-electron chi connectivity index (χ4n) is 2.95. The van der Waals surface area contributed by atoms with Crippen LogP contribution in [0.2, 0.25) is 0 Å². The summed E-state index contributed by atoms with van der Waals surface area (Å²) in [5, 5.41) is 8.37. The molecule has 1 N–H and O–H groups in total. The number of halogens is 1. The van der Waals surface area contributed by atoms with E-state index in [0.717, 1.165) is 21.6 Å². The van der Waals surface area contributed by atoms with Crippen LogP contribution in [0.25, 0.3) is 16.6 Å². The minimum absolute atomic E-state index is 0.0772. The van der Waals surface area contributed by atoms with Crippen molar-refractivity contribution in [2.24, 2.45) is 0 Å². The minimum Gasteiger partial charge on any atom is -0.304 e. The Hall–Kier alpha value is -1.98. The Balaban J connectivity index is 1.85. The van der Waals surface area contributed by atoms with Crippen LogP contribution in [0, 0.1) is 8.34 Å². The lowest BCUT2D eigenvalue weighted by Gasteiger charge is -2.13. The highest BCUT2D eigenvalue weighted by atomic mass is 127. The Kier molecular flexibility index (Phi) is 5.65. The van der Waals surface area contributed by atoms with E-state index in [0.29, 0.717) is 26.6 Å². The van der Waals surface area contributed by atoms with Crippen molar-refractivity contribution in [2.75, 3.05) is 0 Å². The molecule has 6 nitrogen and oxygen atoms in total. The van der Waals surface area contributed by atoms with E-state index < -0.39 is 0 Å². The third-order valence-corrected chi connectivity index (χ3v) is 6.22. The van der Waals surface area contributed by atoms with Crippen molar-refractivity contribution in [3.63, 3.8) is 0 Å². The van der Waals surface area contributed by atoms with Crippen molar-refractivity contribution >= 4 is 57.5 Å². The van der Waals surface area contributed by atoms with Gasteiger partial charge in [-0.15, -0.1) is 0 Å². The number of fused-ring (bicyclic) bond motifs is 1. The molecule has 0 fully saturated rings. The van der Waals surface area contributed by atoms with Gasteiger partial charge in [-0.1, -0.05) is 30.0 Å². The largest absolute Gasteiger partial charge is 0.304 e. The topological polar surface area (TPSA) is 68.5 Å². The molecule has 0 aliphatic heterocycles. The van der Waals surface area contributed by atoms with Gasteiger partial charge >= 0.3 is 0 Å². The maximum atomic E-state index is 13.3. The Labute approximate surface area is 184 Å². The van der Waals surface area contributed by atoms with E-state index in [2.05, 4.69) is 32.8 Å². The number of benzene rings is 2. The highest BCUT2D eigenvalue weighted by molar-refractivity contribution is 14.1. The van der Waals surface area contributed by atoms with E-state index in [4.69, 9.17) is 17.2 Å². The molecule has 0 saturated carbocycles. The van der Waals surface area contributed by atoms with Gasteiger partial charge in [-0.2, -0.15) is 5.10 Å². The average Bonchev–Trinajstić information content (AvgIpc) is 3.07. The van der Waals surface area contributed by atoms with Gasteiger partial charge in [-0.25, -0.2) is 4.98 Å². The first-order chi connectivity index (χ1) is 13.6. The summed E-state index contributed by atoms with van der Waals surface area (Å²) in [5.41, 5.74) is 1.40. The fraction of sp³-hybridized carbons (Fsp3) is 0.158. The predicted octanol–water partition coefficient (Wildman–Crippen LogP) is 4.56. The third kappa shape index (κ3) is 3.65. The number of H-pyrrole nitrogens is 1. The van der Waals surface area contributed by atoms with Crippen LogP contribution in [0.1, 0.15) is 12.7 Å². The standard InChI is InChI=1S/C19H16IN5OS2/c1-2-24-16(22-23-18(24)27)11-28-19-21-15-9-8-12(20)10-14(15)17(26)25(19)13-6-4-3-5-7-13/h3-10H,2,11H2,1H3,(H,23,27). The highest BCUT2D eigenvalue weighted by Crippen LogP contribution is 2.24. The monoisotopic (exact) mass is 521 g/mol. The van der Waals surface area contributed by atoms with E-state index in [-0.39, 0.29) is 5.56 Å². The molecule has 0 amide bonds. The summed E-state index contributed by atoms with van der Waals surface area (Å²) >= 11 is 8.95. The van der Waals surface area contributed by atoms with Gasteiger partial charge in [0.15, 0.2) is 9.93 Å². The predicted molar refractivity (Wildman–Crippen MR) is 123 cm³/mol. The maximum Gasteiger partial charge on any atom is 0.266 e. The van der Waals surface area contributed by atoms with Gasteiger partial charge in [0, 0.05) is 10.1 Å². The van der Waals surface area contributed by atoms with Crippen LogP contribution in [-0.2, 0) is 12.3 Å². The summed E-state index contributed by atoms with van der Waals surface area (Å²) in [6, 6.07) is 15.3. The van der Waals surface area contributed by atoms with Crippen LogP contribution in [0.15, 0.2) is 58.5 Å². The van der Waals surface area contributed by atoms with Gasteiger partial charge in [-0.3, -0.25) is 14.5 Å². The summed E-state index contributed by atoms with van der Waals surface area (Å²) in [6.45, 7) is 2.76. The van der Waals surface area contributed by atoms with Gasteiger partial charge in [-0.05, 0) is 72.1 Å². The Morgan fingerprint density at radius 2 is 2.00 bits per heavy atom. The average molecular weight is 521 g/mol. The quantitative estimate of drug-likeness (QED) is 0.181. The van der Waals surface area contributed by atoms with E-state index in [1.807, 2.05) is 60.0 Å². The van der Waals surface area contributed by atoms with Crippen LogP contribution in [0.5, 0.6) is 0 Å². The summed E-state index contributed by atoms with van der Waals surface area (Å²) in [6.07, 6.45) is 0. The number of rotatable bonds is 5. The molecule has 0 saturated heterocycles. The van der Waals surface area contributed by atoms with Crippen molar-refractivity contribution < 1.29 is 0 Å². The summed E-state index contributed by atoms with van der Waals surface area (Å²) in [5.74, 6) is 1.38. The number of thioether (sulfide) groups is 1. The molecule has 0 radical (unpaired) electrons. The Morgan fingerprint density at radius 3 is 2.75 bits per heavy atom. The molecular formula is C19H16IN5OS2. The minimum atomic E-state index is -0.0772. The molecule has 4 rings (SSSR count). The summed E-state index contributed by atoms with van der Waals surface area (Å²) in [4.78, 5) is 18.1. The van der Waals surface area contributed by atoms with Gasteiger partial charge in [0.2, 0.25) is 0 Å². The SMILES string of the molecule is CCn1c(CSc2nc3ccc(I)cc3c(=O)n2-c2ccccc2)n[nH]c1=S. The summed E-state index contributed by atoms with van der Waals surface area (Å²) < 4.78 is 5.21. The molecule has 4 aromatic rings. The maximum absolute atomic E-state index is 13.3. The van der Waals surface area contributed by atoms with E-state index in [1.165, 1.54) is 11.8 Å². The number of hydrogen-bond donors (Lipinski definition) is 1. The number of hydrogen-bond acceptors (Lipinski definition) is 5. The van der Waals surface area contributed by atoms with Crippen LogP contribution >= 0.6 is 46.6 Å². The van der Waals surface area contributed by atoms with Crippen molar-refractivity contribution in [3.8, 4) is 5.69 Å². The van der Waals surface area contributed by atoms with Crippen LogP contribution in [0.4, 0.5) is 0 Å². The van der Waals surface area contributed by atoms with Crippen molar-refractivity contribution in [2.45, 2.75) is 24.4 Å². The van der Waals surface area contributed by atoms with Crippen LogP contribution < -0.4 is 5.56 Å². The van der Waals surface area contributed by atoms with Crippen molar-refractivity contribution in [3.05, 3.63) is 73.1 Å². The first kappa shape index (κ1) is 19.3. The zero-order valence-corrected chi connectivity index (χ0v) is 18.7. The molecule has 0 unspecified atom stereocenters. The van der Waals surface area contributed by atoms with Gasteiger partial charge < -0.3 is 4.57 Å². The van der Waals surface area contributed by atoms with Crippen LogP contribution in [0.3, 0.4) is 0 Å². The molecule has 0 aliphatic carbocycles. The zero-order valence-electron chi connectivity index (χ0n) is 14.9. The summed E-state index contributed by atoms with van der Waals surface area (Å²) in [7, 11) is 0. The Bertz CT molecular complexity index is 1260. The molecule has 28 heavy (non-hydrogen) atoms. The first-order valence-electron chi connectivity index (χ1n) is 8.63.